The van der Waals surface area contributed by atoms with Crippen LogP contribution in [0.15, 0.2) is 12.1 Å². The summed E-state index contributed by atoms with van der Waals surface area (Å²) in [5, 5.41) is 21.6. The molecule has 1 heterocycles. The van der Waals surface area contributed by atoms with Crippen molar-refractivity contribution in [1.82, 2.24) is 0 Å². The molecule has 0 amide bonds. The predicted molar refractivity (Wildman–Crippen MR) is 89.5 cm³/mol. The van der Waals surface area contributed by atoms with Gasteiger partial charge in [-0.25, -0.2) is 0 Å². The highest BCUT2D eigenvalue weighted by atomic mass is 19.1. The number of ether oxygens (including phenoxy) is 2. The van der Waals surface area contributed by atoms with Gasteiger partial charge in [0.2, 0.25) is 5.82 Å². The zero-order valence-electron chi connectivity index (χ0n) is 14.4. The summed E-state index contributed by atoms with van der Waals surface area (Å²) < 4.78 is 24.9. The Labute approximate surface area is 145 Å². The van der Waals surface area contributed by atoms with E-state index in [-0.39, 0.29) is 23.0 Å². The fourth-order valence-corrected chi connectivity index (χ4v) is 4.08. The lowest BCUT2D eigenvalue weighted by atomic mass is 9.58. The van der Waals surface area contributed by atoms with E-state index in [4.69, 9.17) is 9.47 Å². The van der Waals surface area contributed by atoms with Crippen LogP contribution in [-0.2, 0) is 4.74 Å². The molecule has 1 aliphatic heterocycles. The maximum absolute atomic E-state index is 14.1. The largest absolute Gasteiger partial charge is 0.497 e. The number of hydrogen-bond acceptors (Lipinski definition) is 6. The normalized spacial score (nSPS) is 24.9. The summed E-state index contributed by atoms with van der Waals surface area (Å²) in [6.45, 7) is 3.51. The standard InChI is InChI=1S/C17H23FN2O5/c1-3-25-15-10-14(21)17(15)4-6-19(7-5-17)13-9-11(24-2)8-12(18)16(13)20(22)23/h8-9,14-15,21H,3-7,10H2,1-2H3. The highest BCUT2D eigenvalue weighted by Gasteiger charge is 2.56. The Morgan fingerprint density at radius 1 is 1.44 bits per heavy atom. The molecule has 1 aliphatic carbocycles. The summed E-state index contributed by atoms with van der Waals surface area (Å²) >= 11 is 0. The molecule has 25 heavy (non-hydrogen) atoms. The highest BCUT2D eigenvalue weighted by molar-refractivity contribution is 5.67. The first kappa shape index (κ1) is 17.9. The molecule has 2 atom stereocenters. The molecule has 1 spiro atoms. The maximum atomic E-state index is 14.1. The summed E-state index contributed by atoms with van der Waals surface area (Å²) in [5.74, 6) is -0.662. The molecule has 0 radical (unpaired) electrons. The van der Waals surface area contributed by atoms with E-state index < -0.39 is 22.5 Å². The molecular weight excluding hydrogens is 331 g/mol. The number of rotatable bonds is 5. The molecule has 2 fully saturated rings. The number of aliphatic hydroxyl groups excluding tert-OH is 1. The van der Waals surface area contributed by atoms with Gasteiger partial charge in [0.25, 0.3) is 0 Å². The van der Waals surface area contributed by atoms with E-state index in [9.17, 15) is 19.6 Å². The lowest BCUT2D eigenvalue weighted by Crippen LogP contribution is -2.62. The number of nitro groups is 1. The Kier molecular flexibility index (Phi) is 4.83. The second-order valence-electron chi connectivity index (χ2n) is 6.65. The molecule has 2 unspecified atom stereocenters. The van der Waals surface area contributed by atoms with Crippen molar-refractivity contribution in [2.75, 3.05) is 31.7 Å². The molecule has 1 aromatic rings. The highest BCUT2D eigenvalue weighted by Crippen LogP contribution is 2.52. The Morgan fingerprint density at radius 2 is 2.12 bits per heavy atom. The summed E-state index contributed by atoms with van der Waals surface area (Å²) in [4.78, 5) is 12.4. The molecule has 1 aromatic carbocycles. The van der Waals surface area contributed by atoms with Gasteiger partial charge in [-0.1, -0.05) is 0 Å². The van der Waals surface area contributed by atoms with Crippen LogP contribution in [0.25, 0.3) is 0 Å². The lowest BCUT2D eigenvalue weighted by molar-refractivity contribution is -0.386. The minimum Gasteiger partial charge on any atom is -0.497 e. The summed E-state index contributed by atoms with van der Waals surface area (Å²) in [6, 6.07) is 2.52. The van der Waals surface area contributed by atoms with E-state index >= 15 is 0 Å². The Balaban J connectivity index is 1.83. The van der Waals surface area contributed by atoms with Crippen molar-refractivity contribution < 1.29 is 23.9 Å². The Morgan fingerprint density at radius 3 is 2.64 bits per heavy atom. The smallest absolute Gasteiger partial charge is 0.328 e. The van der Waals surface area contributed by atoms with Gasteiger partial charge in [-0.3, -0.25) is 10.1 Å². The number of nitro benzene ring substituents is 1. The first-order valence-corrected chi connectivity index (χ1v) is 8.49. The van der Waals surface area contributed by atoms with Crippen LogP contribution >= 0.6 is 0 Å². The van der Waals surface area contributed by atoms with Gasteiger partial charge in [0.1, 0.15) is 11.4 Å². The number of hydrogen-bond donors (Lipinski definition) is 1. The molecule has 0 aromatic heterocycles. The van der Waals surface area contributed by atoms with Crippen molar-refractivity contribution in [3.8, 4) is 5.75 Å². The van der Waals surface area contributed by atoms with Crippen LogP contribution in [0.2, 0.25) is 0 Å². The van der Waals surface area contributed by atoms with Crippen molar-refractivity contribution in [1.29, 1.82) is 0 Å². The van der Waals surface area contributed by atoms with E-state index in [0.717, 1.165) is 6.07 Å². The van der Waals surface area contributed by atoms with Crippen LogP contribution in [0.4, 0.5) is 15.8 Å². The summed E-state index contributed by atoms with van der Waals surface area (Å²) in [5.41, 5.74) is -0.607. The fraction of sp³-hybridized carbons (Fsp3) is 0.647. The average Bonchev–Trinajstić information content (AvgIpc) is 2.60. The number of aliphatic hydroxyl groups is 1. The molecule has 3 rings (SSSR count). The quantitative estimate of drug-likeness (QED) is 0.646. The van der Waals surface area contributed by atoms with Crippen LogP contribution < -0.4 is 9.64 Å². The molecule has 2 aliphatic rings. The van der Waals surface area contributed by atoms with Gasteiger partial charge in [-0.15, -0.1) is 0 Å². The lowest BCUT2D eigenvalue weighted by Gasteiger charge is -2.56. The monoisotopic (exact) mass is 354 g/mol. The second-order valence-corrected chi connectivity index (χ2v) is 6.65. The van der Waals surface area contributed by atoms with Gasteiger partial charge in [0.15, 0.2) is 0 Å². The maximum Gasteiger partial charge on any atom is 0.328 e. The number of nitrogens with zero attached hydrogens (tertiary/aromatic N) is 2. The number of halogens is 1. The van der Waals surface area contributed by atoms with E-state index in [1.807, 2.05) is 6.92 Å². The van der Waals surface area contributed by atoms with Crippen molar-refractivity contribution in [2.24, 2.45) is 5.41 Å². The molecule has 1 N–H and O–H groups in total. The van der Waals surface area contributed by atoms with Gasteiger partial charge < -0.3 is 19.5 Å². The van der Waals surface area contributed by atoms with Gasteiger partial charge in [-0.05, 0) is 19.8 Å². The van der Waals surface area contributed by atoms with Crippen molar-refractivity contribution in [3.05, 3.63) is 28.1 Å². The molecule has 1 saturated heterocycles. The topological polar surface area (TPSA) is 85.1 Å². The minimum absolute atomic E-state index is 0.0201. The SMILES string of the molecule is CCOC1CC(O)C12CCN(c1cc(OC)cc(F)c1[N+](=O)[O-])CC2. The third-order valence-corrected chi connectivity index (χ3v) is 5.58. The van der Waals surface area contributed by atoms with Crippen molar-refractivity contribution >= 4 is 11.4 Å². The molecule has 0 bridgehead atoms. The summed E-state index contributed by atoms with van der Waals surface area (Å²) in [7, 11) is 1.40. The molecule has 1 saturated carbocycles. The van der Waals surface area contributed by atoms with Gasteiger partial charge in [-0.2, -0.15) is 4.39 Å². The first-order chi connectivity index (χ1) is 11.9. The zero-order chi connectivity index (χ0) is 18.2. The molecule has 8 heteroatoms. The zero-order valence-corrected chi connectivity index (χ0v) is 14.4. The van der Waals surface area contributed by atoms with E-state index in [2.05, 4.69) is 0 Å². The third-order valence-electron chi connectivity index (χ3n) is 5.58. The number of benzene rings is 1. The second kappa shape index (κ2) is 6.76. The Bertz CT molecular complexity index is 659. The molecular formula is C17H23FN2O5. The Hall–Kier alpha value is -1.93. The van der Waals surface area contributed by atoms with Crippen LogP contribution in [-0.4, -0.2) is 49.0 Å². The van der Waals surface area contributed by atoms with Gasteiger partial charge in [0, 0.05) is 43.7 Å². The van der Waals surface area contributed by atoms with Crippen molar-refractivity contribution in [3.63, 3.8) is 0 Å². The van der Waals surface area contributed by atoms with Gasteiger partial charge in [0.05, 0.1) is 24.2 Å². The number of methoxy groups -OCH3 is 1. The predicted octanol–water partition coefficient (Wildman–Crippen LogP) is 2.50. The average molecular weight is 354 g/mol. The third kappa shape index (κ3) is 2.93. The first-order valence-electron chi connectivity index (χ1n) is 8.49. The number of piperidine rings is 1. The van der Waals surface area contributed by atoms with Crippen molar-refractivity contribution in [2.45, 2.75) is 38.4 Å². The van der Waals surface area contributed by atoms with Crippen LogP contribution in [0.3, 0.4) is 0 Å². The van der Waals surface area contributed by atoms with Gasteiger partial charge >= 0.3 is 5.69 Å². The summed E-state index contributed by atoms with van der Waals surface area (Å²) in [6.07, 6.45) is 1.53. The van der Waals surface area contributed by atoms with Crippen LogP contribution in [0, 0.1) is 21.3 Å². The minimum atomic E-state index is -0.907. The van der Waals surface area contributed by atoms with E-state index in [0.29, 0.717) is 39.0 Å². The number of anilines is 1. The fourth-order valence-electron chi connectivity index (χ4n) is 4.08. The molecule has 7 nitrogen and oxygen atoms in total. The van der Waals surface area contributed by atoms with Crippen LogP contribution in [0.1, 0.15) is 26.2 Å². The van der Waals surface area contributed by atoms with Crippen LogP contribution in [0.5, 0.6) is 5.75 Å². The van der Waals surface area contributed by atoms with E-state index in [1.165, 1.54) is 13.2 Å². The van der Waals surface area contributed by atoms with E-state index in [1.54, 1.807) is 4.90 Å². The molecule has 138 valence electrons.